The molecule has 1 aromatic carbocycles. The van der Waals surface area contributed by atoms with Crippen LogP contribution in [0.1, 0.15) is 32.3 Å². The van der Waals surface area contributed by atoms with E-state index in [2.05, 4.69) is 29.8 Å². The fourth-order valence-electron chi connectivity index (χ4n) is 1.58. The molecule has 0 spiro atoms. The minimum absolute atomic E-state index is 0.597. The van der Waals surface area contributed by atoms with Crippen molar-refractivity contribution in [3.8, 4) is 0 Å². The maximum Gasteiger partial charge on any atom is 0.0731 e. The molecule has 0 amide bonds. The van der Waals surface area contributed by atoms with Crippen LogP contribution in [0.15, 0.2) is 22.7 Å². The summed E-state index contributed by atoms with van der Waals surface area (Å²) in [6.45, 7) is 5.81. The van der Waals surface area contributed by atoms with E-state index in [1.807, 2.05) is 18.2 Å². The molecule has 0 saturated carbocycles. The predicted molar refractivity (Wildman–Crippen MR) is 72.9 cm³/mol. The number of hydrogen-bond donors (Lipinski definition) is 0. The first kappa shape index (κ1) is 14.0. The molecule has 0 aromatic heterocycles. The fourth-order valence-corrected chi connectivity index (χ4v) is 2.31. The van der Waals surface area contributed by atoms with Crippen LogP contribution in [-0.4, -0.2) is 6.61 Å². The standard InChI is InChI=1S/C13H18BrClO/c1-3-4-10(2)8-16-9-11-5-6-12(14)7-13(11)15/h5-7,10H,3-4,8-9H2,1-2H3. The average molecular weight is 306 g/mol. The highest BCUT2D eigenvalue weighted by Gasteiger charge is 2.04. The Morgan fingerprint density at radius 1 is 1.44 bits per heavy atom. The van der Waals surface area contributed by atoms with Gasteiger partial charge in [-0.2, -0.15) is 0 Å². The Bertz CT molecular complexity index is 328. The molecular weight excluding hydrogens is 287 g/mol. The van der Waals surface area contributed by atoms with Gasteiger partial charge in [0.1, 0.15) is 0 Å². The smallest absolute Gasteiger partial charge is 0.0731 e. The van der Waals surface area contributed by atoms with E-state index in [4.69, 9.17) is 16.3 Å². The highest BCUT2D eigenvalue weighted by Crippen LogP contribution is 2.22. The molecule has 0 heterocycles. The monoisotopic (exact) mass is 304 g/mol. The third-order valence-electron chi connectivity index (χ3n) is 2.46. The Hall–Kier alpha value is -0.0500. The lowest BCUT2D eigenvalue weighted by atomic mass is 10.1. The highest BCUT2D eigenvalue weighted by molar-refractivity contribution is 9.10. The first-order valence-electron chi connectivity index (χ1n) is 5.65. The first-order valence-corrected chi connectivity index (χ1v) is 6.82. The lowest BCUT2D eigenvalue weighted by Gasteiger charge is -2.11. The number of rotatable bonds is 6. The molecule has 1 rings (SSSR count). The number of hydrogen-bond acceptors (Lipinski definition) is 1. The average Bonchev–Trinajstić information content (AvgIpc) is 2.22. The van der Waals surface area contributed by atoms with Gasteiger partial charge in [-0.25, -0.2) is 0 Å². The summed E-state index contributed by atoms with van der Waals surface area (Å²) in [6, 6.07) is 5.88. The molecule has 1 atom stereocenters. The van der Waals surface area contributed by atoms with Crippen molar-refractivity contribution < 1.29 is 4.74 Å². The van der Waals surface area contributed by atoms with Crippen molar-refractivity contribution in [3.05, 3.63) is 33.3 Å². The Labute approximate surface area is 111 Å². The summed E-state index contributed by atoms with van der Waals surface area (Å²) in [7, 11) is 0. The molecule has 1 nitrogen and oxygen atoms in total. The van der Waals surface area contributed by atoms with Gasteiger partial charge in [0.2, 0.25) is 0 Å². The number of halogens is 2. The molecule has 0 saturated heterocycles. The van der Waals surface area contributed by atoms with Crippen LogP contribution in [0.5, 0.6) is 0 Å². The quantitative estimate of drug-likeness (QED) is 0.714. The molecule has 0 radical (unpaired) electrons. The summed E-state index contributed by atoms with van der Waals surface area (Å²) in [5, 5.41) is 0.762. The largest absolute Gasteiger partial charge is 0.376 e. The van der Waals surface area contributed by atoms with E-state index in [-0.39, 0.29) is 0 Å². The number of ether oxygens (including phenoxy) is 1. The molecule has 0 aliphatic heterocycles. The predicted octanol–water partition coefficient (Wildman–Crippen LogP) is 5.06. The second kappa shape index (κ2) is 7.31. The van der Waals surface area contributed by atoms with Crippen LogP contribution in [0.3, 0.4) is 0 Å². The van der Waals surface area contributed by atoms with Gasteiger partial charge in [-0.05, 0) is 30.0 Å². The SMILES string of the molecule is CCCC(C)COCc1ccc(Br)cc1Cl. The van der Waals surface area contributed by atoms with Gasteiger partial charge < -0.3 is 4.74 Å². The van der Waals surface area contributed by atoms with Crippen LogP contribution in [0.2, 0.25) is 5.02 Å². The second-order valence-electron chi connectivity index (χ2n) is 4.14. The molecular formula is C13H18BrClO. The first-order chi connectivity index (χ1) is 7.63. The zero-order valence-corrected chi connectivity index (χ0v) is 12.1. The summed E-state index contributed by atoms with van der Waals surface area (Å²) in [4.78, 5) is 0. The van der Waals surface area contributed by atoms with E-state index >= 15 is 0 Å². The van der Waals surface area contributed by atoms with Gasteiger partial charge in [0.15, 0.2) is 0 Å². The van der Waals surface area contributed by atoms with Crippen molar-refractivity contribution in [3.63, 3.8) is 0 Å². The third-order valence-corrected chi connectivity index (χ3v) is 3.30. The van der Waals surface area contributed by atoms with E-state index in [9.17, 15) is 0 Å². The zero-order valence-electron chi connectivity index (χ0n) is 9.80. The maximum absolute atomic E-state index is 6.10. The molecule has 0 bridgehead atoms. The molecule has 0 aliphatic carbocycles. The van der Waals surface area contributed by atoms with Crippen LogP contribution in [-0.2, 0) is 11.3 Å². The summed E-state index contributed by atoms with van der Waals surface area (Å²) in [5.41, 5.74) is 1.05. The molecule has 0 N–H and O–H groups in total. The topological polar surface area (TPSA) is 9.23 Å². The van der Waals surface area contributed by atoms with E-state index in [0.717, 1.165) is 21.7 Å². The van der Waals surface area contributed by atoms with E-state index in [1.54, 1.807) is 0 Å². The molecule has 1 unspecified atom stereocenters. The summed E-state index contributed by atoms with van der Waals surface area (Å²) >= 11 is 9.48. The summed E-state index contributed by atoms with van der Waals surface area (Å²) in [5.74, 6) is 0.624. The Morgan fingerprint density at radius 2 is 2.19 bits per heavy atom. The van der Waals surface area contributed by atoms with Gasteiger partial charge in [0.25, 0.3) is 0 Å². The Kier molecular flexibility index (Phi) is 6.40. The van der Waals surface area contributed by atoms with Crippen LogP contribution < -0.4 is 0 Å². The van der Waals surface area contributed by atoms with Crippen LogP contribution >= 0.6 is 27.5 Å². The van der Waals surface area contributed by atoms with Crippen molar-refractivity contribution in [1.29, 1.82) is 0 Å². The highest BCUT2D eigenvalue weighted by atomic mass is 79.9. The molecule has 0 aliphatic rings. The van der Waals surface area contributed by atoms with Gasteiger partial charge in [-0.15, -0.1) is 0 Å². The van der Waals surface area contributed by atoms with Crippen LogP contribution in [0, 0.1) is 5.92 Å². The van der Waals surface area contributed by atoms with Crippen molar-refractivity contribution in [2.75, 3.05) is 6.61 Å². The number of benzene rings is 1. The van der Waals surface area contributed by atoms with Crippen LogP contribution in [0.25, 0.3) is 0 Å². The normalized spacial score (nSPS) is 12.8. The van der Waals surface area contributed by atoms with Gasteiger partial charge in [-0.1, -0.05) is 53.9 Å². The lowest BCUT2D eigenvalue weighted by Crippen LogP contribution is -2.05. The zero-order chi connectivity index (χ0) is 12.0. The second-order valence-corrected chi connectivity index (χ2v) is 5.47. The van der Waals surface area contributed by atoms with Crippen LogP contribution in [0.4, 0.5) is 0 Å². The molecule has 3 heteroatoms. The van der Waals surface area contributed by atoms with Crippen molar-refractivity contribution in [2.45, 2.75) is 33.3 Å². The molecule has 1 aromatic rings. The van der Waals surface area contributed by atoms with E-state index < -0.39 is 0 Å². The minimum atomic E-state index is 0.597. The van der Waals surface area contributed by atoms with Gasteiger partial charge in [0.05, 0.1) is 6.61 Å². The third kappa shape index (κ3) is 4.86. The summed E-state index contributed by atoms with van der Waals surface area (Å²) in [6.07, 6.45) is 2.43. The van der Waals surface area contributed by atoms with E-state index in [0.29, 0.717) is 12.5 Å². The van der Waals surface area contributed by atoms with Gasteiger partial charge in [-0.3, -0.25) is 0 Å². The fraction of sp³-hybridized carbons (Fsp3) is 0.538. The molecule has 0 fully saturated rings. The minimum Gasteiger partial charge on any atom is -0.376 e. The van der Waals surface area contributed by atoms with Crippen molar-refractivity contribution in [1.82, 2.24) is 0 Å². The summed E-state index contributed by atoms with van der Waals surface area (Å²) < 4.78 is 6.66. The molecule has 16 heavy (non-hydrogen) atoms. The van der Waals surface area contributed by atoms with Gasteiger partial charge in [0, 0.05) is 16.1 Å². The Balaban J connectivity index is 2.37. The van der Waals surface area contributed by atoms with Crippen molar-refractivity contribution in [2.24, 2.45) is 5.92 Å². The molecule has 90 valence electrons. The van der Waals surface area contributed by atoms with Crippen molar-refractivity contribution >= 4 is 27.5 Å². The van der Waals surface area contributed by atoms with E-state index in [1.165, 1.54) is 12.8 Å². The lowest BCUT2D eigenvalue weighted by molar-refractivity contribution is 0.0894. The van der Waals surface area contributed by atoms with Gasteiger partial charge >= 0.3 is 0 Å². The maximum atomic E-state index is 6.10. The Morgan fingerprint density at radius 3 is 2.81 bits per heavy atom.